The minimum absolute atomic E-state index is 0.504. The Balaban J connectivity index is 2.24. The molecule has 0 spiro atoms. The number of aromatic nitrogens is 2. The van der Waals surface area contributed by atoms with Gasteiger partial charge >= 0.3 is 0 Å². The number of hydrogen-bond donors (Lipinski definition) is 1. The van der Waals surface area contributed by atoms with Crippen LogP contribution in [0.15, 0.2) is 0 Å². The molecule has 108 valence electrons. The van der Waals surface area contributed by atoms with Gasteiger partial charge in [0.25, 0.3) is 0 Å². The van der Waals surface area contributed by atoms with E-state index >= 15 is 0 Å². The van der Waals surface area contributed by atoms with Crippen LogP contribution >= 0.6 is 0 Å². The van der Waals surface area contributed by atoms with Crippen molar-refractivity contribution in [2.75, 3.05) is 18.0 Å². The molecule has 0 aliphatic carbocycles. The van der Waals surface area contributed by atoms with Crippen molar-refractivity contribution in [1.82, 2.24) is 15.1 Å². The van der Waals surface area contributed by atoms with E-state index in [1.54, 1.807) is 0 Å². The molecule has 0 saturated carbocycles. The topological polar surface area (TPSA) is 33.1 Å². The Hall–Kier alpha value is -1.03. The second kappa shape index (κ2) is 5.53. The molecule has 1 fully saturated rings. The highest BCUT2D eigenvalue weighted by atomic mass is 15.4. The Morgan fingerprint density at radius 2 is 1.84 bits per heavy atom. The van der Waals surface area contributed by atoms with Gasteiger partial charge in [-0.2, -0.15) is 5.10 Å². The predicted molar refractivity (Wildman–Crippen MR) is 80.5 cm³/mol. The van der Waals surface area contributed by atoms with Crippen molar-refractivity contribution >= 4 is 5.82 Å². The van der Waals surface area contributed by atoms with E-state index in [-0.39, 0.29) is 0 Å². The van der Waals surface area contributed by atoms with Crippen molar-refractivity contribution in [3.8, 4) is 0 Å². The fourth-order valence-electron chi connectivity index (χ4n) is 2.90. The molecule has 1 N–H and O–H groups in total. The van der Waals surface area contributed by atoms with Crippen molar-refractivity contribution in [2.24, 2.45) is 18.9 Å². The summed E-state index contributed by atoms with van der Waals surface area (Å²) in [5.41, 5.74) is 2.51. The van der Waals surface area contributed by atoms with E-state index in [9.17, 15) is 0 Å². The highest BCUT2D eigenvalue weighted by Gasteiger charge is 2.30. The monoisotopic (exact) mass is 264 g/mol. The van der Waals surface area contributed by atoms with Gasteiger partial charge in [0.05, 0.1) is 5.69 Å². The predicted octanol–water partition coefficient (Wildman–Crippen LogP) is 2.32. The Kier molecular flexibility index (Phi) is 4.19. The normalized spacial score (nSPS) is 23.6. The Labute approximate surface area is 117 Å². The lowest BCUT2D eigenvalue weighted by Crippen LogP contribution is -2.27. The van der Waals surface area contributed by atoms with Crippen LogP contribution in [-0.2, 0) is 13.6 Å². The van der Waals surface area contributed by atoms with Gasteiger partial charge in [0, 0.05) is 38.3 Å². The molecule has 1 aromatic rings. The van der Waals surface area contributed by atoms with E-state index in [2.05, 4.69) is 61.7 Å². The molecule has 0 bridgehead atoms. The number of anilines is 1. The molecule has 2 atom stereocenters. The number of nitrogens with zero attached hydrogens (tertiary/aromatic N) is 3. The minimum Gasteiger partial charge on any atom is -0.356 e. The summed E-state index contributed by atoms with van der Waals surface area (Å²) in [4.78, 5) is 2.51. The van der Waals surface area contributed by atoms with Gasteiger partial charge < -0.3 is 10.2 Å². The molecular formula is C15H28N4. The van der Waals surface area contributed by atoms with Crippen molar-refractivity contribution in [3.63, 3.8) is 0 Å². The van der Waals surface area contributed by atoms with Gasteiger partial charge in [-0.05, 0) is 18.8 Å². The number of nitrogens with one attached hydrogen (secondary N) is 1. The van der Waals surface area contributed by atoms with Crippen molar-refractivity contribution in [3.05, 3.63) is 11.3 Å². The smallest absolute Gasteiger partial charge is 0.131 e. The molecule has 2 rings (SSSR count). The molecule has 19 heavy (non-hydrogen) atoms. The van der Waals surface area contributed by atoms with E-state index < -0.39 is 0 Å². The third kappa shape index (κ3) is 2.94. The van der Waals surface area contributed by atoms with Crippen molar-refractivity contribution in [1.29, 1.82) is 0 Å². The molecule has 4 nitrogen and oxygen atoms in total. The second-order valence-corrected chi connectivity index (χ2v) is 6.41. The average molecular weight is 264 g/mol. The van der Waals surface area contributed by atoms with E-state index in [0.717, 1.165) is 37.2 Å². The molecule has 1 aliphatic rings. The highest BCUT2D eigenvalue weighted by molar-refractivity contribution is 5.51. The zero-order chi connectivity index (χ0) is 14.2. The van der Waals surface area contributed by atoms with Crippen LogP contribution in [0.1, 0.15) is 39.0 Å². The van der Waals surface area contributed by atoms with E-state index in [1.807, 2.05) is 0 Å². The molecule has 2 heterocycles. The van der Waals surface area contributed by atoms with Crippen molar-refractivity contribution in [2.45, 2.75) is 47.2 Å². The first kappa shape index (κ1) is 14.4. The number of hydrogen-bond acceptors (Lipinski definition) is 3. The van der Waals surface area contributed by atoms with Crippen LogP contribution in [0.25, 0.3) is 0 Å². The lowest BCUT2D eigenvalue weighted by Gasteiger charge is -2.21. The molecule has 1 aromatic heterocycles. The summed E-state index contributed by atoms with van der Waals surface area (Å²) in [7, 11) is 2.06. The molecule has 4 heteroatoms. The molecule has 1 saturated heterocycles. The lowest BCUT2D eigenvalue weighted by molar-refractivity contribution is 0.494. The summed E-state index contributed by atoms with van der Waals surface area (Å²) < 4.78 is 2.05. The molecular weight excluding hydrogens is 236 g/mol. The summed E-state index contributed by atoms with van der Waals surface area (Å²) >= 11 is 0. The molecule has 1 aliphatic heterocycles. The molecule has 0 radical (unpaired) electrons. The van der Waals surface area contributed by atoms with Gasteiger partial charge in [-0.3, -0.25) is 4.68 Å². The van der Waals surface area contributed by atoms with Gasteiger partial charge in [0.1, 0.15) is 5.82 Å². The summed E-state index contributed by atoms with van der Waals surface area (Å²) in [6.45, 7) is 14.4. The van der Waals surface area contributed by atoms with Crippen LogP contribution in [0.2, 0.25) is 0 Å². The Morgan fingerprint density at radius 3 is 2.37 bits per heavy atom. The summed E-state index contributed by atoms with van der Waals surface area (Å²) in [6, 6.07) is 0.504. The van der Waals surface area contributed by atoms with Gasteiger partial charge in [-0.1, -0.05) is 27.7 Å². The lowest BCUT2D eigenvalue weighted by atomic mass is 10.0. The molecule has 2 unspecified atom stereocenters. The van der Waals surface area contributed by atoms with Gasteiger partial charge in [0.15, 0.2) is 0 Å². The number of aryl methyl sites for hydroxylation is 2. The van der Waals surface area contributed by atoms with Gasteiger partial charge in [-0.25, -0.2) is 0 Å². The largest absolute Gasteiger partial charge is 0.356 e. The maximum atomic E-state index is 4.62. The third-order valence-corrected chi connectivity index (χ3v) is 4.29. The maximum absolute atomic E-state index is 4.62. The van der Waals surface area contributed by atoms with E-state index in [0.29, 0.717) is 6.04 Å². The fraction of sp³-hybridized carbons (Fsp3) is 0.800. The molecule has 0 amide bonds. The molecule has 0 aromatic carbocycles. The summed E-state index contributed by atoms with van der Waals surface area (Å²) in [5, 5.41) is 8.14. The minimum atomic E-state index is 0.504. The number of rotatable bonds is 4. The summed E-state index contributed by atoms with van der Waals surface area (Å²) in [5.74, 6) is 2.84. The quantitative estimate of drug-likeness (QED) is 0.906. The Morgan fingerprint density at radius 1 is 1.26 bits per heavy atom. The van der Waals surface area contributed by atoms with E-state index in [1.165, 1.54) is 11.4 Å². The fourth-order valence-corrected chi connectivity index (χ4v) is 2.90. The first-order valence-corrected chi connectivity index (χ1v) is 7.41. The van der Waals surface area contributed by atoms with Crippen LogP contribution in [0.4, 0.5) is 5.82 Å². The van der Waals surface area contributed by atoms with Crippen LogP contribution in [0.3, 0.4) is 0 Å². The van der Waals surface area contributed by atoms with E-state index in [4.69, 9.17) is 0 Å². The zero-order valence-corrected chi connectivity index (χ0v) is 13.2. The van der Waals surface area contributed by atoms with Gasteiger partial charge in [-0.15, -0.1) is 0 Å². The average Bonchev–Trinajstić information content (AvgIpc) is 2.77. The first-order valence-electron chi connectivity index (χ1n) is 7.41. The van der Waals surface area contributed by atoms with Crippen molar-refractivity contribution < 1.29 is 0 Å². The third-order valence-electron chi connectivity index (χ3n) is 4.29. The van der Waals surface area contributed by atoms with Crippen LogP contribution < -0.4 is 10.2 Å². The maximum Gasteiger partial charge on any atom is 0.131 e. The van der Waals surface area contributed by atoms with Crippen LogP contribution in [-0.4, -0.2) is 28.9 Å². The van der Waals surface area contributed by atoms with Crippen LogP contribution in [0.5, 0.6) is 0 Å². The zero-order valence-electron chi connectivity index (χ0n) is 13.2. The standard InChI is InChI=1S/C15H28N4/c1-10(2)16-7-14-13(5)17-18(6)15(14)19-8-11(3)12(4)9-19/h10-12,16H,7-9H2,1-6H3. The summed E-state index contributed by atoms with van der Waals surface area (Å²) in [6.07, 6.45) is 0. The first-order chi connectivity index (χ1) is 8.90. The second-order valence-electron chi connectivity index (χ2n) is 6.41. The van der Waals surface area contributed by atoms with Crippen LogP contribution in [0, 0.1) is 18.8 Å². The SMILES string of the molecule is Cc1nn(C)c(N2CC(C)C(C)C2)c1CNC(C)C. The van der Waals surface area contributed by atoms with Gasteiger partial charge in [0.2, 0.25) is 0 Å². The Bertz CT molecular complexity index is 426. The highest BCUT2D eigenvalue weighted by Crippen LogP contribution is 2.31.